The van der Waals surface area contributed by atoms with Crippen molar-refractivity contribution >= 4 is 16.9 Å². The first-order chi connectivity index (χ1) is 11.1. The quantitative estimate of drug-likeness (QED) is 0.920. The van der Waals surface area contributed by atoms with E-state index in [-0.39, 0.29) is 24.6 Å². The summed E-state index contributed by atoms with van der Waals surface area (Å²) in [5.41, 5.74) is 0.843. The molecule has 1 aliphatic heterocycles. The summed E-state index contributed by atoms with van der Waals surface area (Å²) >= 11 is 0. The third kappa shape index (κ3) is 3.26. The standard InChI is InChI=1S/C18H24N2O3/c1-13(17-10-14-6-3-4-8-16(14)23-17)19(2)18(22)11-20-9-5-7-15(20)12-21/h3-4,6,8,10,13,15,21H,5,7,9,11-12H2,1-2H3. The number of nitrogens with zero attached hydrogens (tertiary/aromatic N) is 2. The number of fused-ring (bicyclic) bond motifs is 1. The van der Waals surface area contributed by atoms with Crippen molar-refractivity contribution in [2.24, 2.45) is 0 Å². The zero-order valence-corrected chi connectivity index (χ0v) is 13.7. The number of likely N-dealkylation sites (N-methyl/N-ethyl adjacent to an activating group) is 1. The van der Waals surface area contributed by atoms with Gasteiger partial charge in [-0.3, -0.25) is 9.69 Å². The Labute approximate surface area is 136 Å². The van der Waals surface area contributed by atoms with Crippen molar-refractivity contribution in [2.45, 2.75) is 31.8 Å². The summed E-state index contributed by atoms with van der Waals surface area (Å²) in [5, 5.41) is 10.4. The zero-order chi connectivity index (χ0) is 16.4. The topological polar surface area (TPSA) is 56.9 Å². The molecule has 1 fully saturated rings. The molecular weight excluding hydrogens is 292 g/mol. The highest BCUT2D eigenvalue weighted by molar-refractivity contribution is 5.80. The lowest BCUT2D eigenvalue weighted by Gasteiger charge is -2.28. The van der Waals surface area contributed by atoms with E-state index in [2.05, 4.69) is 4.90 Å². The van der Waals surface area contributed by atoms with Crippen LogP contribution in [0.1, 0.15) is 31.6 Å². The number of amides is 1. The fraction of sp³-hybridized carbons (Fsp3) is 0.500. The van der Waals surface area contributed by atoms with E-state index in [0.717, 1.165) is 36.1 Å². The van der Waals surface area contributed by atoms with Crippen molar-refractivity contribution < 1.29 is 14.3 Å². The maximum atomic E-state index is 12.6. The molecule has 5 heteroatoms. The van der Waals surface area contributed by atoms with Gasteiger partial charge in [-0.15, -0.1) is 0 Å². The van der Waals surface area contributed by atoms with E-state index in [1.54, 1.807) is 4.90 Å². The Balaban J connectivity index is 1.68. The van der Waals surface area contributed by atoms with Crippen LogP contribution in [0.3, 0.4) is 0 Å². The molecule has 2 atom stereocenters. The highest BCUT2D eigenvalue weighted by atomic mass is 16.3. The minimum absolute atomic E-state index is 0.0540. The number of likely N-dealkylation sites (tertiary alicyclic amines) is 1. The van der Waals surface area contributed by atoms with Crippen LogP contribution in [0.5, 0.6) is 0 Å². The molecule has 1 aromatic heterocycles. The molecule has 1 saturated heterocycles. The van der Waals surface area contributed by atoms with Crippen LogP contribution in [-0.2, 0) is 4.79 Å². The van der Waals surface area contributed by atoms with E-state index < -0.39 is 0 Å². The molecule has 0 saturated carbocycles. The van der Waals surface area contributed by atoms with Gasteiger partial charge in [0.25, 0.3) is 0 Å². The Morgan fingerprint density at radius 3 is 3.00 bits per heavy atom. The third-order valence-electron chi connectivity index (χ3n) is 4.88. The van der Waals surface area contributed by atoms with Crippen molar-refractivity contribution in [3.05, 3.63) is 36.1 Å². The molecule has 1 aromatic carbocycles. The Bertz CT molecular complexity index is 649. The van der Waals surface area contributed by atoms with Gasteiger partial charge in [0, 0.05) is 18.5 Å². The van der Waals surface area contributed by atoms with Gasteiger partial charge in [-0.25, -0.2) is 0 Å². The summed E-state index contributed by atoms with van der Waals surface area (Å²) in [4.78, 5) is 16.4. The maximum absolute atomic E-state index is 12.6. The number of furan rings is 1. The Morgan fingerprint density at radius 2 is 2.26 bits per heavy atom. The summed E-state index contributed by atoms with van der Waals surface area (Å²) in [6, 6.07) is 9.85. The zero-order valence-electron chi connectivity index (χ0n) is 13.7. The second kappa shape index (κ2) is 6.72. The van der Waals surface area contributed by atoms with E-state index in [1.165, 1.54) is 0 Å². The first kappa shape index (κ1) is 16.0. The second-order valence-electron chi connectivity index (χ2n) is 6.32. The normalized spacial score (nSPS) is 20.0. The van der Waals surface area contributed by atoms with Gasteiger partial charge in [0.15, 0.2) is 0 Å². The van der Waals surface area contributed by atoms with Crippen molar-refractivity contribution in [1.82, 2.24) is 9.80 Å². The molecule has 1 aliphatic rings. The molecule has 1 N–H and O–H groups in total. The average molecular weight is 316 g/mol. The average Bonchev–Trinajstić information content (AvgIpc) is 3.19. The lowest BCUT2D eigenvalue weighted by Crippen LogP contribution is -2.42. The number of benzene rings is 1. The van der Waals surface area contributed by atoms with E-state index in [1.807, 2.05) is 44.3 Å². The Morgan fingerprint density at radius 1 is 1.48 bits per heavy atom. The van der Waals surface area contributed by atoms with Gasteiger partial charge in [-0.1, -0.05) is 18.2 Å². The molecule has 0 radical (unpaired) electrons. The smallest absolute Gasteiger partial charge is 0.237 e. The van der Waals surface area contributed by atoms with Gasteiger partial charge in [0.1, 0.15) is 11.3 Å². The largest absolute Gasteiger partial charge is 0.459 e. The van der Waals surface area contributed by atoms with Crippen LogP contribution in [-0.4, -0.2) is 53.6 Å². The Hall–Kier alpha value is -1.85. The van der Waals surface area contributed by atoms with E-state index >= 15 is 0 Å². The number of carbonyl (C=O) groups is 1. The van der Waals surface area contributed by atoms with Gasteiger partial charge in [0.05, 0.1) is 19.2 Å². The Kier molecular flexibility index (Phi) is 4.68. The maximum Gasteiger partial charge on any atom is 0.237 e. The number of rotatable bonds is 5. The SMILES string of the molecule is CC(c1cc2ccccc2o1)N(C)C(=O)CN1CCCC1CO. The van der Waals surface area contributed by atoms with Crippen LogP contribution >= 0.6 is 0 Å². The van der Waals surface area contributed by atoms with Crippen molar-refractivity contribution in [1.29, 1.82) is 0 Å². The van der Waals surface area contributed by atoms with E-state index in [0.29, 0.717) is 6.54 Å². The molecule has 3 rings (SSSR count). The number of hydrogen-bond donors (Lipinski definition) is 1. The molecule has 2 unspecified atom stereocenters. The summed E-state index contributed by atoms with van der Waals surface area (Å²) in [6.07, 6.45) is 2.01. The lowest BCUT2D eigenvalue weighted by atomic mass is 10.2. The predicted molar refractivity (Wildman–Crippen MR) is 89.1 cm³/mol. The predicted octanol–water partition coefficient (Wildman–Crippen LogP) is 2.41. The monoisotopic (exact) mass is 316 g/mol. The molecule has 124 valence electrons. The number of hydrogen-bond acceptors (Lipinski definition) is 4. The van der Waals surface area contributed by atoms with Gasteiger partial charge in [-0.05, 0) is 38.4 Å². The van der Waals surface area contributed by atoms with Crippen molar-refractivity contribution in [3.63, 3.8) is 0 Å². The van der Waals surface area contributed by atoms with Gasteiger partial charge < -0.3 is 14.4 Å². The minimum Gasteiger partial charge on any atom is -0.459 e. The lowest BCUT2D eigenvalue weighted by molar-refractivity contribution is -0.133. The van der Waals surface area contributed by atoms with Crippen molar-refractivity contribution in [3.8, 4) is 0 Å². The number of aliphatic hydroxyl groups is 1. The molecular formula is C18H24N2O3. The fourth-order valence-electron chi connectivity index (χ4n) is 3.21. The highest BCUT2D eigenvalue weighted by Crippen LogP contribution is 2.27. The van der Waals surface area contributed by atoms with E-state index in [4.69, 9.17) is 4.42 Å². The number of carbonyl (C=O) groups excluding carboxylic acids is 1. The number of aliphatic hydroxyl groups excluding tert-OH is 1. The fourth-order valence-corrected chi connectivity index (χ4v) is 3.21. The minimum atomic E-state index is -0.120. The van der Waals surface area contributed by atoms with Crippen LogP contribution in [0.25, 0.3) is 11.0 Å². The van der Waals surface area contributed by atoms with Crippen LogP contribution in [0.2, 0.25) is 0 Å². The van der Waals surface area contributed by atoms with Crippen LogP contribution < -0.4 is 0 Å². The summed E-state index contributed by atoms with van der Waals surface area (Å²) in [5.74, 6) is 0.848. The molecule has 1 amide bonds. The summed E-state index contributed by atoms with van der Waals surface area (Å²) in [6.45, 7) is 3.33. The molecule has 23 heavy (non-hydrogen) atoms. The molecule has 2 heterocycles. The summed E-state index contributed by atoms with van der Waals surface area (Å²) in [7, 11) is 1.81. The van der Waals surface area contributed by atoms with Gasteiger partial charge in [-0.2, -0.15) is 0 Å². The first-order valence-corrected chi connectivity index (χ1v) is 8.19. The molecule has 2 aromatic rings. The van der Waals surface area contributed by atoms with Gasteiger partial charge in [0.2, 0.25) is 5.91 Å². The van der Waals surface area contributed by atoms with E-state index in [9.17, 15) is 9.90 Å². The van der Waals surface area contributed by atoms with Crippen LogP contribution in [0, 0.1) is 0 Å². The highest BCUT2D eigenvalue weighted by Gasteiger charge is 2.28. The molecule has 0 bridgehead atoms. The third-order valence-corrected chi connectivity index (χ3v) is 4.88. The summed E-state index contributed by atoms with van der Waals surface area (Å²) < 4.78 is 5.87. The molecule has 0 aliphatic carbocycles. The molecule has 0 spiro atoms. The first-order valence-electron chi connectivity index (χ1n) is 8.19. The van der Waals surface area contributed by atoms with Gasteiger partial charge >= 0.3 is 0 Å². The number of para-hydroxylation sites is 1. The van der Waals surface area contributed by atoms with Crippen molar-refractivity contribution in [2.75, 3.05) is 26.7 Å². The molecule has 5 nitrogen and oxygen atoms in total. The van der Waals surface area contributed by atoms with Crippen LogP contribution in [0.4, 0.5) is 0 Å². The van der Waals surface area contributed by atoms with Crippen LogP contribution in [0.15, 0.2) is 34.7 Å². The second-order valence-corrected chi connectivity index (χ2v) is 6.32.